The van der Waals surface area contributed by atoms with Crippen LogP contribution in [0, 0.1) is 0 Å². The molecule has 6 heteroatoms. The largest absolute Gasteiger partial charge is 0.477 e. The fraction of sp³-hybridized carbons (Fsp3) is 0.0833. The molecule has 1 aromatic heterocycles. The lowest BCUT2D eigenvalue weighted by molar-refractivity contribution is 0.0694. The van der Waals surface area contributed by atoms with Gasteiger partial charge < -0.3 is 5.11 Å². The summed E-state index contributed by atoms with van der Waals surface area (Å²) in [6.07, 6.45) is 1.38. The van der Waals surface area contributed by atoms with Gasteiger partial charge >= 0.3 is 5.97 Å². The zero-order chi connectivity index (χ0) is 13.3. The van der Waals surface area contributed by atoms with E-state index in [9.17, 15) is 9.59 Å². The molecule has 0 saturated carbocycles. The maximum absolute atomic E-state index is 11.8. The van der Waals surface area contributed by atoms with Crippen molar-refractivity contribution >= 4 is 21.9 Å². The van der Waals surface area contributed by atoms with Crippen LogP contribution in [0.25, 0.3) is 11.1 Å². The van der Waals surface area contributed by atoms with Gasteiger partial charge in [0.05, 0.1) is 6.20 Å². The standard InChI is InChI=1S/C12H9BrN2O3/c1-15-11(16)10(12(17)18)9(6-14-15)7-3-2-4-8(13)5-7/h2-6H,1H3,(H,17,18). The molecule has 0 spiro atoms. The summed E-state index contributed by atoms with van der Waals surface area (Å²) in [5, 5.41) is 13.0. The highest BCUT2D eigenvalue weighted by Crippen LogP contribution is 2.23. The van der Waals surface area contributed by atoms with Gasteiger partial charge in [0.1, 0.15) is 5.56 Å². The van der Waals surface area contributed by atoms with Crippen molar-refractivity contribution in [1.82, 2.24) is 9.78 Å². The van der Waals surface area contributed by atoms with Crippen LogP contribution < -0.4 is 5.56 Å². The Bertz CT molecular complexity index is 679. The normalized spacial score (nSPS) is 10.3. The van der Waals surface area contributed by atoms with Gasteiger partial charge in [-0.2, -0.15) is 5.10 Å². The molecule has 92 valence electrons. The zero-order valence-corrected chi connectivity index (χ0v) is 11.0. The molecule has 1 N–H and O–H groups in total. The third kappa shape index (κ3) is 2.19. The molecule has 5 nitrogen and oxygen atoms in total. The van der Waals surface area contributed by atoms with E-state index in [0.717, 1.165) is 9.15 Å². The van der Waals surface area contributed by atoms with Gasteiger partial charge in [-0.25, -0.2) is 9.48 Å². The predicted molar refractivity (Wildman–Crippen MR) is 69.6 cm³/mol. The minimum absolute atomic E-state index is 0.273. The minimum atomic E-state index is -1.26. The van der Waals surface area contributed by atoms with Crippen LogP contribution in [0.3, 0.4) is 0 Å². The van der Waals surface area contributed by atoms with E-state index in [-0.39, 0.29) is 5.56 Å². The second-order valence-corrected chi connectivity index (χ2v) is 4.59. The first-order chi connectivity index (χ1) is 8.50. The summed E-state index contributed by atoms with van der Waals surface area (Å²) >= 11 is 3.30. The number of aromatic carboxylic acids is 1. The third-order valence-corrected chi connectivity index (χ3v) is 2.98. The summed E-state index contributed by atoms with van der Waals surface area (Å²) in [4.78, 5) is 23.0. The molecular formula is C12H9BrN2O3. The van der Waals surface area contributed by atoms with Gasteiger partial charge in [-0.3, -0.25) is 4.79 Å². The second-order valence-electron chi connectivity index (χ2n) is 3.68. The molecule has 0 aliphatic rings. The number of halogens is 1. The van der Waals surface area contributed by atoms with Crippen molar-refractivity contribution in [2.45, 2.75) is 0 Å². The van der Waals surface area contributed by atoms with E-state index < -0.39 is 11.5 Å². The molecule has 0 bridgehead atoms. The number of rotatable bonds is 2. The Hall–Kier alpha value is -1.95. The summed E-state index contributed by atoms with van der Waals surface area (Å²) in [5.41, 5.74) is 0.0458. The van der Waals surface area contributed by atoms with Gasteiger partial charge in [0, 0.05) is 17.1 Å². The van der Waals surface area contributed by atoms with E-state index in [4.69, 9.17) is 5.11 Å². The van der Waals surface area contributed by atoms with E-state index in [0.29, 0.717) is 11.1 Å². The summed E-state index contributed by atoms with van der Waals surface area (Å²) < 4.78 is 1.81. The van der Waals surface area contributed by atoms with Gasteiger partial charge in [-0.05, 0) is 17.7 Å². The van der Waals surface area contributed by atoms with Crippen molar-refractivity contribution in [3.8, 4) is 11.1 Å². The lowest BCUT2D eigenvalue weighted by atomic mass is 10.0. The van der Waals surface area contributed by atoms with Crippen LogP contribution in [0.1, 0.15) is 10.4 Å². The van der Waals surface area contributed by atoms with Crippen LogP contribution in [-0.4, -0.2) is 20.9 Å². The number of carboxylic acid groups (broad SMARTS) is 1. The smallest absolute Gasteiger partial charge is 0.342 e. The summed E-state index contributed by atoms with van der Waals surface area (Å²) in [6.45, 7) is 0. The summed E-state index contributed by atoms with van der Waals surface area (Å²) in [5.74, 6) is -1.26. The molecular weight excluding hydrogens is 300 g/mol. The monoisotopic (exact) mass is 308 g/mol. The highest BCUT2D eigenvalue weighted by atomic mass is 79.9. The van der Waals surface area contributed by atoms with Gasteiger partial charge in [0.2, 0.25) is 0 Å². The fourth-order valence-corrected chi connectivity index (χ4v) is 2.02. The van der Waals surface area contributed by atoms with Crippen molar-refractivity contribution in [3.63, 3.8) is 0 Å². The molecule has 1 heterocycles. The maximum Gasteiger partial charge on any atom is 0.342 e. The number of carboxylic acids is 1. The summed E-state index contributed by atoms with van der Waals surface area (Å²) in [6, 6.07) is 7.05. The van der Waals surface area contributed by atoms with Crippen LogP contribution >= 0.6 is 15.9 Å². The molecule has 0 saturated heterocycles. The quantitative estimate of drug-likeness (QED) is 0.920. The van der Waals surface area contributed by atoms with Crippen LogP contribution in [0.15, 0.2) is 39.7 Å². The van der Waals surface area contributed by atoms with E-state index in [2.05, 4.69) is 21.0 Å². The van der Waals surface area contributed by atoms with E-state index >= 15 is 0 Å². The Morgan fingerprint density at radius 1 is 1.44 bits per heavy atom. The van der Waals surface area contributed by atoms with Crippen LogP contribution in [-0.2, 0) is 7.05 Å². The maximum atomic E-state index is 11.8. The molecule has 0 atom stereocenters. The van der Waals surface area contributed by atoms with Crippen LogP contribution in [0.2, 0.25) is 0 Å². The molecule has 0 amide bonds. The highest BCUT2D eigenvalue weighted by Gasteiger charge is 2.18. The van der Waals surface area contributed by atoms with Gasteiger partial charge in [0.25, 0.3) is 5.56 Å². The van der Waals surface area contributed by atoms with Crippen molar-refractivity contribution in [3.05, 3.63) is 50.9 Å². The van der Waals surface area contributed by atoms with Gasteiger partial charge in [-0.1, -0.05) is 28.1 Å². The third-order valence-electron chi connectivity index (χ3n) is 2.49. The Balaban J connectivity index is 2.76. The zero-order valence-electron chi connectivity index (χ0n) is 9.42. The van der Waals surface area contributed by atoms with E-state index in [1.807, 2.05) is 6.07 Å². The Labute approximate surface area is 111 Å². The minimum Gasteiger partial charge on any atom is -0.477 e. The van der Waals surface area contributed by atoms with Crippen molar-refractivity contribution in [1.29, 1.82) is 0 Å². The molecule has 0 aliphatic carbocycles. The number of hydrogen-bond donors (Lipinski definition) is 1. The fourth-order valence-electron chi connectivity index (χ4n) is 1.62. The second kappa shape index (κ2) is 4.73. The number of aromatic nitrogens is 2. The lowest BCUT2D eigenvalue weighted by Crippen LogP contribution is -2.27. The Morgan fingerprint density at radius 3 is 2.78 bits per heavy atom. The average molecular weight is 309 g/mol. The average Bonchev–Trinajstić information content (AvgIpc) is 2.32. The molecule has 0 radical (unpaired) electrons. The van der Waals surface area contributed by atoms with Crippen LogP contribution in [0.5, 0.6) is 0 Å². The van der Waals surface area contributed by atoms with Crippen molar-refractivity contribution in [2.75, 3.05) is 0 Å². The molecule has 0 fully saturated rings. The highest BCUT2D eigenvalue weighted by molar-refractivity contribution is 9.10. The van der Waals surface area contributed by atoms with E-state index in [1.165, 1.54) is 13.2 Å². The van der Waals surface area contributed by atoms with Crippen LogP contribution in [0.4, 0.5) is 0 Å². The Kier molecular flexibility index (Phi) is 3.29. The first-order valence-electron chi connectivity index (χ1n) is 5.06. The number of carbonyl (C=O) groups is 1. The predicted octanol–water partition coefficient (Wildman–Crippen LogP) is 1.91. The molecule has 0 aliphatic heterocycles. The van der Waals surface area contributed by atoms with Crippen molar-refractivity contribution < 1.29 is 9.90 Å². The summed E-state index contributed by atoms with van der Waals surface area (Å²) in [7, 11) is 1.42. The topological polar surface area (TPSA) is 72.2 Å². The van der Waals surface area contributed by atoms with Gasteiger partial charge in [-0.15, -0.1) is 0 Å². The molecule has 1 aromatic carbocycles. The Morgan fingerprint density at radius 2 is 2.17 bits per heavy atom. The number of benzene rings is 1. The lowest BCUT2D eigenvalue weighted by Gasteiger charge is -2.07. The van der Waals surface area contributed by atoms with Crippen molar-refractivity contribution in [2.24, 2.45) is 7.05 Å². The molecule has 2 aromatic rings. The molecule has 2 rings (SSSR count). The van der Waals surface area contributed by atoms with E-state index in [1.54, 1.807) is 18.2 Å². The van der Waals surface area contributed by atoms with Gasteiger partial charge in [0.15, 0.2) is 0 Å². The number of nitrogens with zero attached hydrogens (tertiary/aromatic N) is 2. The SMILES string of the molecule is Cn1ncc(-c2cccc(Br)c2)c(C(=O)O)c1=O. The number of aryl methyl sites for hydroxylation is 1. The molecule has 18 heavy (non-hydrogen) atoms. The molecule has 0 unspecified atom stereocenters. The first kappa shape index (κ1) is 12.5. The first-order valence-corrected chi connectivity index (χ1v) is 5.85. The number of hydrogen-bond acceptors (Lipinski definition) is 3.